The van der Waals surface area contributed by atoms with Crippen LogP contribution in [0.3, 0.4) is 0 Å². The van der Waals surface area contributed by atoms with Crippen molar-refractivity contribution in [2.24, 2.45) is 11.8 Å². The van der Waals surface area contributed by atoms with Gasteiger partial charge in [0.15, 0.2) is 5.78 Å². The third-order valence-electron chi connectivity index (χ3n) is 5.44. The first-order valence-corrected chi connectivity index (χ1v) is 10.7. The predicted molar refractivity (Wildman–Crippen MR) is 116 cm³/mol. The standard InChI is InChI=1S/C23H29BrFNO/c1-5-15(3)16(4)21(8-7-11-24)20(6-2)23(27)18-12-17-13-19(25)9-10-22(17)26-14-18/h6-10,13,15,18,26H,5,11-12,14H2,1-4H3/b8-7-,20-6+,21-16-. The molecule has 2 atom stereocenters. The van der Waals surface area contributed by atoms with Gasteiger partial charge in [-0.05, 0) is 61.9 Å². The first-order valence-electron chi connectivity index (χ1n) is 9.59. The van der Waals surface area contributed by atoms with E-state index in [1.165, 1.54) is 17.7 Å². The van der Waals surface area contributed by atoms with Crippen LogP contribution in [0.5, 0.6) is 0 Å². The monoisotopic (exact) mass is 433 g/mol. The van der Waals surface area contributed by atoms with Crippen molar-refractivity contribution in [1.82, 2.24) is 0 Å². The molecule has 0 bridgehead atoms. The lowest BCUT2D eigenvalue weighted by Crippen LogP contribution is -2.31. The van der Waals surface area contributed by atoms with Gasteiger partial charge in [0.1, 0.15) is 5.82 Å². The summed E-state index contributed by atoms with van der Waals surface area (Å²) >= 11 is 3.43. The zero-order valence-electron chi connectivity index (χ0n) is 16.6. The SMILES string of the molecule is C\C=C(C(=O)C1CNc2ccc(F)cc2C1)/C(/C=C\CBr)=C(/C)C(C)CC. The molecule has 27 heavy (non-hydrogen) atoms. The molecule has 0 aliphatic carbocycles. The zero-order chi connectivity index (χ0) is 20.0. The number of benzene rings is 1. The van der Waals surface area contributed by atoms with Gasteiger partial charge in [-0.2, -0.15) is 0 Å². The van der Waals surface area contributed by atoms with Crippen molar-refractivity contribution < 1.29 is 9.18 Å². The molecule has 1 aliphatic heterocycles. The Bertz CT molecular complexity index is 779. The Morgan fingerprint density at radius 3 is 2.81 bits per heavy atom. The first kappa shape index (κ1) is 21.6. The van der Waals surface area contributed by atoms with Crippen molar-refractivity contribution >= 4 is 27.4 Å². The van der Waals surface area contributed by atoms with Crippen LogP contribution in [0.15, 0.2) is 53.1 Å². The molecule has 0 radical (unpaired) electrons. The highest BCUT2D eigenvalue weighted by Crippen LogP contribution is 2.31. The minimum absolute atomic E-state index is 0.122. The Morgan fingerprint density at radius 1 is 1.44 bits per heavy atom. The summed E-state index contributed by atoms with van der Waals surface area (Å²) in [4.78, 5) is 13.4. The van der Waals surface area contributed by atoms with E-state index in [1.54, 1.807) is 6.07 Å². The predicted octanol–water partition coefficient (Wildman–Crippen LogP) is 6.24. The van der Waals surface area contributed by atoms with Gasteiger partial charge in [0.25, 0.3) is 0 Å². The Hall–Kier alpha value is -1.68. The number of alkyl halides is 1. The van der Waals surface area contributed by atoms with E-state index in [2.05, 4.69) is 42.0 Å². The van der Waals surface area contributed by atoms with Crippen molar-refractivity contribution in [1.29, 1.82) is 0 Å². The molecule has 0 saturated carbocycles. The van der Waals surface area contributed by atoms with Crippen LogP contribution in [-0.4, -0.2) is 17.7 Å². The fourth-order valence-electron chi connectivity index (χ4n) is 3.48. The Labute approximate surface area is 170 Å². The molecule has 2 nitrogen and oxygen atoms in total. The molecule has 4 heteroatoms. The number of Topliss-reactive ketones (excluding diaryl/α,β-unsaturated/α-hetero) is 1. The Kier molecular flexibility index (Phi) is 8.03. The van der Waals surface area contributed by atoms with Crippen molar-refractivity contribution in [3.05, 3.63) is 64.5 Å². The summed E-state index contributed by atoms with van der Waals surface area (Å²) < 4.78 is 13.6. The van der Waals surface area contributed by atoms with E-state index >= 15 is 0 Å². The van der Waals surface area contributed by atoms with E-state index in [4.69, 9.17) is 0 Å². The van der Waals surface area contributed by atoms with Gasteiger partial charge in [0, 0.05) is 29.1 Å². The minimum Gasteiger partial charge on any atom is -0.384 e. The van der Waals surface area contributed by atoms with Crippen LogP contribution in [0.2, 0.25) is 0 Å². The summed E-state index contributed by atoms with van der Waals surface area (Å²) in [5.74, 6) is 0.0739. The highest BCUT2D eigenvalue weighted by atomic mass is 79.9. The van der Waals surface area contributed by atoms with Crippen LogP contribution in [0.25, 0.3) is 0 Å². The highest BCUT2D eigenvalue weighted by molar-refractivity contribution is 9.09. The number of rotatable bonds is 7. The van der Waals surface area contributed by atoms with Gasteiger partial charge in [-0.3, -0.25) is 4.79 Å². The summed E-state index contributed by atoms with van der Waals surface area (Å²) in [5, 5.41) is 4.03. The highest BCUT2D eigenvalue weighted by Gasteiger charge is 2.28. The number of fused-ring (bicyclic) bond motifs is 1. The number of halogens is 2. The number of carbonyl (C=O) groups is 1. The molecule has 0 saturated heterocycles. The number of hydrogen-bond donors (Lipinski definition) is 1. The smallest absolute Gasteiger partial charge is 0.168 e. The van der Waals surface area contributed by atoms with Crippen molar-refractivity contribution in [2.45, 2.75) is 40.5 Å². The second-order valence-corrected chi connectivity index (χ2v) is 7.76. The molecule has 1 heterocycles. The second-order valence-electron chi connectivity index (χ2n) is 7.11. The number of ketones is 1. The molecule has 0 aromatic heterocycles. The number of allylic oxidation sites excluding steroid dienone is 6. The van der Waals surface area contributed by atoms with Crippen LogP contribution >= 0.6 is 15.9 Å². The molecule has 0 fully saturated rings. The molecular formula is C23H29BrFNO. The molecule has 2 unspecified atom stereocenters. The van der Waals surface area contributed by atoms with E-state index in [-0.39, 0.29) is 17.5 Å². The van der Waals surface area contributed by atoms with E-state index in [0.717, 1.165) is 34.1 Å². The van der Waals surface area contributed by atoms with Gasteiger partial charge in [0.05, 0.1) is 0 Å². The maximum absolute atomic E-state index is 13.6. The summed E-state index contributed by atoms with van der Waals surface area (Å²) in [6.07, 6.45) is 7.59. The van der Waals surface area contributed by atoms with Crippen molar-refractivity contribution in [3.8, 4) is 0 Å². The normalized spacial score (nSPS) is 19.3. The summed E-state index contributed by atoms with van der Waals surface area (Å²) in [6.45, 7) is 8.96. The van der Waals surface area contributed by atoms with E-state index in [0.29, 0.717) is 18.9 Å². The second kappa shape index (κ2) is 10.0. The summed E-state index contributed by atoms with van der Waals surface area (Å²) in [5.41, 5.74) is 4.80. The minimum atomic E-state index is -0.261. The van der Waals surface area contributed by atoms with Crippen LogP contribution in [-0.2, 0) is 11.2 Å². The van der Waals surface area contributed by atoms with Gasteiger partial charge in [-0.25, -0.2) is 4.39 Å². The maximum atomic E-state index is 13.6. The summed E-state index contributed by atoms with van der Waals surface area (Å²) in [6, 6.07) is 4.73. The fraction of sp³-hybridized carbons (Fsp3) is 0.435. The quantitative estimate of drug-likeness (QED) is 0.313. The van der Waals surface area contributed by atoms with Crippen LogP contribution in [0, 0.1) is 17.7 Å². The number of hydrogen-bond acceptors (Lipinski definition) is 2. The molecule has 1 aromatic carbocycles. The molecule has 2 rings (SSSR count). The van der Waals surface area contributed by atoms with Gasteiger partial charge in [0.2, 0.25) is 0 Å². The molecule has 146 valence electrons. The Balaban J connectivity index is 2.35. The lowest BCUT2D eigenvalue weighted by atomic mass is 9.82. The number of anilines is 1. The third-order valence-corrected chi connectivity index (χ3v) is 5.81. The lowest BCUT2D eigenvalue weighted by Gasteiger charge is -2.27. The topological polar surface area (TPSA) is 29.1 Å². The first-order chi connectivity index (χ1) is 12.9. The summed E-state index contributed by atoms with van der Waals surface area (Å²) in [7, 11) is 0. The van der Waals surface area contributed by atoms with Crippen LogP contribution < -0.4 is 5.32 Å². The van der Waals surface area contributed by atoms with E-state index in [9.17, 15) is 9.18 Å². The third kappa shape index (κ3) is 5.19. The van der Waals surface area contributed by atoms with Crippen LogP contribution in [0.4, 0.5) is 10.1 Å². The molecule has 0 spiro atoms. The van der Waals surface area contributed by atoms with E-state index in [1.807, 2.05) is 25.2 Å². The number of nitrogens with one attached hydrogen (secondary N) is 1. The van der Waals surface area contributed by atoms with Crippen molar-refractivity contribution in [2.75, 3.05) is 17.2 Å². The Morgan fingerprint density at radius 2 is 2.19 bits per heavy atom. The van der Waals surface area contributed by atoms with Crippen LogP contribution in [0.1, 0.15) is 39.7 Å². The average Bonchev–Trinajstić information content (AvgIpc) is 2.68. The molecule has 1 aromatic rings. The number of carbonyl (C=O) groups excluding carboxylic acids is 1. The molecule has 1 aliphatic rings. The molecule has 1 N–H and O–H groups in total. The van der Waals surface area contributed by atoms with Gasteiger partial charge in [-0.1, -0.05) is 53.6 Å². The fourth-order valence-corrected chi connectivity index (χ4v) is 3.66. The lowest BCUT2D eigenvalue weighted by molar-refractivity contribution is -0.118. The zero-order valence-corrected chi connectivity index (χ0v) is 18.2. The van der Waals surface area contributed by atoms with Crippen molar-refractivity contribution in [3.63, 3.8) is 0 Å². The largest absolute Gasteiger partial charge is 0.384 e. The molecule has 0 amide bonds. The van der Waals surface area contributed by atoms with E-state index < -0.39 is 0 Å². The molecular weight excluding hydrogens is 405 g/mol. The maximum Gasteiger partial charge on any atom is 0.168 e. The van der Waals surface area contributed by atoms with Gasteiger partial charge < -0.3 is 5.32 Å². The van der Waals surface area contributed by atoms with Gasteiger partial charge in [-0.15, -0.1) is 0 Å². The average molecular weight is 434 g/mol. The van der Waals surface area contributed by atoms with Gasteiger partial charge >= 0.3 is 0 Å².